The third-order valence-corrected chi connectivity index (χ3v) is 1.38. The molecule has 0 aromatic heterocycles. The van der Waals surface area contributed by atoms with Crippen LogP contribution in [0.25, 0.3) is 0 Å². The van der Waals surface area contributed by atoms with Crippen molar-refractivity contribution in [1.29, 1.82) is 0 Å². The third-order valence-electron chi connectivity index (χ3n) is 1.38. The van der Waals surface area contributed by atoms with Crippen LogP contribution in [0.15, 0.2) is 0 Å². The van der Waals surface area contributed by atoms with Crippen molar-refractivity contribution in [3.63, 3.8) is 0 Å². The maximum Gasteiger partial charge on any atom is 0.347 e. The van der Waals surface area contributed by atoms with Crippen LogP contribution in [0.3, 0.4) is 0 Å². The van der Waals surface area contributed by atoms with Crippen LogP contribution in [0.1, 0.15) is 20.3 Å². The molecule has 70 valence electrons. The molecule has 12 heavy (non-hydrogen) atoms. The SMILES string of the molecule is CC(C)CC(NC=O)C(=O)ON. The molecule has 0 aliphatic heterocycles. The minimum absolute atomic E-state index is 0.293. The third kappa shape index (κ3) is 3.92. The van der Waals surface area contributed by atoms with Crippen molar-refractivity contribution in [2.45, 2.75) is 26.3 Å². The van der Waals surface area contributed by atoms with Crippen molar-refractivity contribution in [2.75, 3.05) is 0 Å². The summed E-state index contributed by atoms with van der Waals surface area (Å²) in [7, 11) is 0. The van der Waals surface area contributed by atoms with Gasteiger partial charge in [-0.15, -0.1) is 0 Å². The van der Waals surface area contributed by atoms with Crippen molar-refractivity contribution >= 4 is 12.4 Å². The molecule has 0 saturated heterocycles. The first kappa shape index (κ1) is 10.9. The van der Waals surface area contributed by atoms with E-state index in [4.69, 9.17) is 0 Å². The summed E-state index contributed by atoms with van der Waals surface area (Å²) in [5.74, 6) is 4.35. The number of hydrogen-bond donors (Lipinski definition) is 2. The van der Waals surface area contributed by atoms with Crippen LogP contribution in [0.4, 0.5) is 0 Å². The summed E-state index contributed by atoms with van der Waals surface area (Å²) >= 11 is 0. The zero-order chi connectivity index (χ0) is 9.56. The van der Waals surface area contributed by atoms with E-state index in [-0.39, 0.29) is 0 Å². The largest absolute Gasteiger partial charge is 0.372 e. The monoisotopic (exact) mass is 174 g/mol. The second-order valence-electron chi connectivity index (χ2n) is 2.90. The van der Waals surface area contributed by atoms with Gasteiger partial charge >= 0.3 is 5.97 Å². The molecule has 0 aromatic carbocycles. The smallest absolute Gasteiger partial charge is 0.347 e. The minimum atomic E-state index is -0.632. The van der Waals surface area contributed by atoms with E-state index in [1.165, 1.54) is 0 Å². The van der Waals surface area contributed by atoms with Gasteiger partial charge in [-0.2, -0.15) is 5.90 Å². The Labute approximate surface area is 71.2 Å². The molecule has 0 spiro atoms. The Morgan fingerprint density at radius 3 is 2.58 bits per heavy atom. The van der Waals surface area contributed by atoms with Crippen LogP contribution in [0.5, 0.6) is 0 Å². The Bertz CT molecular complexity index is 159. The van der Waals surface area contributed by atoms with Crippen LogP contribution in [-0.2, 0) is 14.4 Å². The highest BCUT2D eigenvalue weighted by molar-refractivity contribution is 5.77. The van der Waals surface area contributed by atoms with Gasteiger partial charge in [-0.1, -0.05) is 13.8 Å². The number of nitrogens with two attached hydrogens (primary N) is 1. The maximum absolute atomic E-state index is 10.9. The molecule has 0 aliphatic rings. The molecule has 1 unspecified atom stereocenters. The molecule has 0 fully saturated rings. The standard InChI is InChI=1S/C7H14N2O3/c1-5(2)3-6(9-4-10)7(11)12-8/h4-6H,3,8H2,1-2H3,(H,9,10). The first-order chi connectivity index (χ1) is 5.61. The fourth-order valence-corrected chi connectivity index (χ4v) is 0.868. The molecule has 1 atom stereocenters. The summed E-state index contributed by atoms with van der Waals surface area (Å²) in [5, 5.41) is 2.33. The van der Waals surface area contributed by atoms with Crippen LogP contribution < -0.4 is 11.2 Å². The number of amides is 1. The van der Waals surface area contributed by atoms with Crippen LogP contribution in [0.2, 0.25) is 0 Å². The van der Waals surface area contributed by atoms with Crippen LogP contribution in [-0.4, -0.2) is 18.4 Å². The predicted octanol–water partition coefficient (Wildman–Crippen LogP) is -0.436. The van der Waals surface area contributed by atoms with Crippen LogP contribution >= 0.6 is 0 Å². The molecule has 3 N–H and O–H groups in total. The molecular formula is C7H14N2O3. The van der Waals surface area contributed by atoms with Crippen molar-refractivity contribution in [3.8, 4) is 0 Å². The number of carbonyl (C=O) groups excluding carboxylic acids is 2. The molecule has 0 saturated carbocycles. The molecular weight excluding hydrogens is 160 g/mol. The van der Waals surface area contributed by atoms with Crippen LogP contribution in [0, 0.1) is 5.92 Å². The van der Waals surface area contributed by atoms with E-state index in [1.54, 1.807) is 0 Å². The van der Waals surface area contributed by atoms with Gasteiger partial charge in [0.1, 0.15) is 6.04 Å². The quantitative estimate of drug-likeness (QED) is 0.437. The molecule has 5 heteroatoms. The summed E-state index contributed by atoms with van der Waals surface area (Å²) in [6.45, 7) is 3.87. The first-order valence-electron chi connectivity index (χ1n) is 3.72. The number of rotatable bonds is 5. The Balaban J connectivity index is 4.02. The van der Waals surface area contributed by atoms with Crippen molar-refractivity contribution < 1.29 is 14.4 Å². The summed E-state index contributed by atoms with van der Waals surface area (Å²) < 4.78 is 0. The Morgan fingerprint density at radius 1 is 1.67 bits per heavy atom. The van der Waals surface area contributed by atoms with E-state index >= 15 is 0 Å². The summed E-state index contributed by atoms with van der Waals surface area (Å²) in [6.07, 6.45) is 0.985. The Morgan fingerprint density at radius 2 is 2.25 bits per heavy atom. The van der Waals surface area contributed by atoms with Gasteiger partial charge in [0.15, 0.2) is 0 Å². The molecule has 0 bridgehead atoms. The van der Waals surface area contributed by atoms with Gasteiger partial charge in [-0.05, 0) is 12.3 Å². The number of nitrogens with one attached hydrogen (secondary N) is 1. The second-order valence-corrected chi connectivity index (χ2v) is 2.90. The molecule has 0 aromatic rings. The summed E-state index contributed by atoms with van der Waals surface area (Å²) in [4.78, 5) is 24.9. The maximum atomic E-state index is 10.9. The summed E-state index contributed by atoms with van der Waals surface area (Å²) in [6, 6.07) is -0.632. The van der Waals surface area contributed by atoms with E-state index in [0.29, 0.717) is 18.7 Å². The number of hydrogen-bond acceptors (Lipinski definition) is 4. The lowest BCUT2D eigenvalue weighted by Crippen LogP contribution is -2.39. The lowest BCUT2D eigenvalue weighted by atomic mass is 10.0. The molecule has 0 radical (unpaired) electrons. The molecule has 0 rings (SSSR count). The van der Waals surface area contributed by atoms with E-state index in [9.17, 15) is 9.59 Å². The number of carbonyl (C=O) groups is 2. The van der Waals surface area contributed by atoms with Crippen molar-refractivity contribution in [1.82, 2.24) is 5.32 Å². The average Bonchev–Trinajstić information content (AvgIpc) is 2.01. The van der Waals surface area contributed by atoms with Gasteiger partial charge in [-0.3, -0.25) is 4.79 Å². The van der Waals surface area contributed by atoms with Gasteiger partial charge in [0.2, 0.25) is 6.41 Å². The van der Waals surface area contributed by atoms with Gasteiger partial charge in [0, 0.05) is 0 Å². The normalized spacial score (nSPS) is 12.3. The highest BCUT2D eigenvalue weighted by Crippen LogP contribution is 2.04. The zero-order valence-electron chi connectivity index (χ0n) is 7.24. The predicted molar refractivity (Wildman–Crippen MR) is 42.7 cm³/mol. The Hall–Kier alpha value is -1.10. The van der Waals surface area contributed by atoms with Crippen molar-refractivity contribution in [3.05, 3.63) is 0 Å². The zero-order valence-corrected chi connectivity index (χ0v) is 7.24. The molecule has 0 aliphatic carbocycles. The Kier molecular flexibility index (Phi) is 5.03. The van der Waals surface area contributed by atoms with Gasteiger partial charge < -0.3 is 10.2 Å². The lowest BCUT2D eigenvalue weighted by molar-refractivity contribution is -0.148. The highest BCUT2D eigenvalue weighted by atomic mass is 16.7. The van der Waals surface area contributed by atoms with Gasteiger partial charge in [0.25, 0.3) is 0 Å². The molecule has 1 amide bonds. The molecule has 0 heterocycles. The summed E-state index contributed by atoms with van der Waals surface area (Å²) in [5.41, 5.74) is 0. The minimum Gasteiger partial charge on any atom is -0.372 e. The fourth-order valence-electron chi connectivity index (χ4n) is 0.868. The van der Waals surface area contributed by atoms with E-state index in [0.717, 1.165) is 0 Å². The average molecular weight is 174 g/mol. The second kappa shape index (κ2) is 5.54. The lowest BCUT2D eigenvalue weighted by Gasteiger charge is -2.14. The first-order valence-corrected chi connectivity index (χ1v) is 3.72. The van der Waals surface area contributed by atoms with E-state index < -0.39 is 12.0 Å². The van der Waals surface area contributed by atoms with E-state index in [1.807, 2.05) is 13.8 Å². The molecule has 5 nitrogen and oxygen atoms in total. The van der Waals surface area contributed by atoms with Gasteiger partial charge in [0.05, 0.1) is 0 Å². The topological polar surface area (TPSA) is 81.4 Å². The highest BCUT2D eigenvalue weighted by Gasteiger charge is 2.19. The van der Waals surface area contributed by atoms with Gasteiger partial charge in [-0.25, -0.2) is 4.79 Å². The fraction of sp³-hybridized carbons (Fsp3) is 0.714. The van der Waals surface area contributed by atoms with E-state index in [2.05, 4.69) is 16.1 Å². The van der Waals surface area contributed by atoms with Crippen molar-refractivity contribution in [2.24, 2.45) is 11.8 Å².